The fourth-order valence-corrected chi connectivity index (χ4v) is 13.3. The van der Waals surface area contributed by atoms with Gasteiger partial charge in [-0.05, 0) is 23.8 Å². The van der Waals surface area contributed by atoms with Crippen LogP contribution < -0.4 is 0 Å². The Morgan fingerprint density at radius 3 is 1.73 bits per heavy atom. The summed E-state index contributed by atoms with van der Waals surface area (Å²) in [5.74, 6) is 0. The van der Waals surface area contributed by atoms with Gasteiger partial charge in [-0.25, -0.2) is 0 Å². The first-order valence-electron chi connectivity index (χ1n) is 5.50. The Balaban J connectivity index is 3.15. The standard InChI is InChI=1S/C12H22OSi2/c1-14(2,3)12(15(4,5)13)11-9-7-6-8-10-11/h6-10,12-13H,1-5H3. The summed E-state index contributed by atoms with van der Waals surface area (Å²) in [6.45, 7) is 11.1. The molecule has 3 heteroatoms. The minimum atomic E-state index is -2.10. The van der Waals surface area contributed by atoms with Crippen LogP contribution in [-0.4, -0.2) is 21.2 Å². The Bertz CT molecular complexity index is 295. The van der Waals surface area contributed by atoms with Crippen molar-refractivity contribution in [3.63, 3.8) is 0 Å². The van der Waals surface area contributed by atoms with Gasteiger partial charge >= 0.3 is 0 Å². The second kappa shape index (κ2) is 4.24. The second-order valence-electron chi connectivity index (χ2n) is 5.86. The average molecular weight is 238 g/mol. The quantitative estimate of drug-likeness (QED) is 0.801. The van der Waals surface area contributed by atoms with E-state index in [4.69, 9.17) is 0 Å². The van der Waals surface area contributed by atoms with Crippen molar-refractivity contribution in [2.45, 2.75) is 37.9 Å². The Morgan fingerprint density at radius 1 is 0.933 bits per heavy atom. The Hall–Kier alpha value is -0.386. The average Bonchev–Trinajstić information content (AvgIpc) is 2.00. The molecule has 0 saturated heterocycles. The Kier molecular flexibility index (Phi) is 3.58. The van der Waals surface area contributed by atoms with E-state index in [0.717, 1.165) is 0 Å². The third-order valence-electron chi connectivity index (χ3n) is 2.71. The van der Waals surface area contributed by atoms with Gasteiger partial charge in [-0.15, -0.1) is 0 Å². The van der Waals surface area contributed by atoms with Crippen molar-refractivity contribution < 1.29 is 4.80 Å². The summed E-state index contributed by atoms with van der Waals surface area (Å²) in [6, 6.07) is 10.5. The van der Waals surface area contributed by atoms with E-state index in [2.05, 4.69) is 57.0 Å². The molecule has 1 aromatic rings. The van der Waals surface area contributed by atoms with Crippen molar-refractivity contribution >= 4 is 16.4 Å². The maximum Gasteiger partial charge on any atom is 0.187 e. The molecule has 0 aliphatic heterocycles. The largest absolute Gasteiger partial charge is 0.432 e. The maximum absolute atomic E-state index is 10.4. The molecule has 1 rings (SSSR count). The van der Waals surface area contributed by atoms with Crippen LogP contribution in [0.5, 0.6) is 0 Å². The predicted octanol–water partition coefficient (Wildman–Crippen LogP) is 3.38. The molecular formula is C12H22OSi2. The lowest BCUT2D eigenvalue weighted by Gasteiger charge is -2.37. The molecule has 0 amide bonds. The van der Waals surface area contributed by atoms with Gasteiger partial charge in [0.25, 0.3) is 0 Å². The highest BCUT2D eigenvalue weighted by molar-refractivity contribution is 6.93. The zero-order chi connectivity index (χ0) is 11.7. The highest BCUT2D eigenvalue weighted by Crippen LogP contribution is 2.33. The summed E-state index contributed by atoms with van der Waals surface area (Å²) in [5, 5.41) is 0.422. The Labute approximate surface area is 95.3 Å². The number of benzene rings is 1. The van der Waals surface area contributed by atoms with Gasteiger partial charge in [-0.2, -0.15) is 0 Å². The lowest BCUT2D eigenvalue weighted by molar-refractivity contribution is 0.543. The highest BCUT2D eigenvalue weighted by Gasteiger charge is 2.40. The van der Waals surface area contributed by atoms with Crippen LogP contribution in [0.3, 0.4) is 0 Å². The van der Waals surface area contributed by atoms with E-state index >= 15 is 0 Å². The first-order valence-corrected chi connectivity index (χ1v) is 12.1. The third-order valence-corrected chi connectivity index (χ3v) is 11.2. The predicted molar refractivity (Wildman–Crippen MR) is 72.2 cm³/mol. The molecule has 0 radical (unpaired) electrons. The summed E-state index contributed by atoms with van der Waals surface area (Å²) in [6.07, 6.45) is 0. The molecule has 0 fully saturated rings. The van der Waals surface area contributed by atoms with Crippen molar-refractivity contribution in [2.24, 2.45) is 0 Å². The van der Waals surface area contributed by atoms with Gasteiger partial charge in [0.1, 0.15) is 0 Å². The van der Waals surface area contributed by atoms with Crippen LogP contribution in [0.25, 0.3) is 0 Å². The van der Waals surface area contributed by atoms with Crippen molar-refractivity contribution in [3.8, 4) is 0 Å². The fraction of sp³-hybridized carbons (Fsp3) is 0.500. The van der Waals surface area contributed by atoms with Gasteiger partial charge in [0.05, 0.1) is 8.07 Å². The molecule has 1 nitrogen and oxygen atoms in total. The molecule has 84 valence electrons. The molecular weight excluding hydrogens is 216 g/mol. The van der Waals surface area contributed by atoms with Gasteiger partial charge in [-0.1, -0.05) is 50.0 Å². The van der Waals surface area contributed by atoms with Crippen LogP contribution in [0, 0.1) is 0 Å². The van der Waals surface area contributed by atoms with E-state index < -0.39 is 16.4 Å². The third kappa shape index (κ3) is 3.29. The molecule has 1 N–H and O–H groups in total. The molecule has 0 aliphatic carbocycles. The van der Waals surface area contributed by atoms with Gasteiger partial charge in [0.2, 0.25) is 0 Å². The minimum Gasteiger partial charge on any atom is -0.432 e. The van der Waals surface area contributed by atoms with Gasteiger partial charge in [0, 0.05) is 0 Å². The van der Waals surface area contributed by atoms with Gasteiger partial charge in [0.15, 0.2) is 8.32 Å². The lowest BCUT2D eigenvalue weighted by atomic mass is 10.2. The van der Waals surface area contributed by atoms with Crippen LogP contribution in [0.4, 0.5) is 0 Å². The van der Waals surface area contributed by atoms with Crippen molar-refractivity contribution in [3.05, 3.63) is 35.9 Å². The van der Waals surface area contributed by atoms with Crippen LogP contribution in [0.15, 0.2) is 30.3 Å². The molecule has 1 aromatic carbocycles. The number of hydrogen-bond acceptors (Lipinski definition) is 1. The monoisotopic (exact) mass is 238 g/mol. The van der Waals surface area contributed by atoms with E-state index in [1.807, 2.05) is 6.07 Å². The molecule has 1 atom stereocenters. The van der Waals surface area contributed by atoms with E-state index in [0.29, 0.717) is 5.16 Å². The van der Waals surface area contributed by atoms with Crippen LogP contribution >= 0.6 is 0 Å². The molecule has 0 heterocycles. The zero-order valence-corrected chi connectivity index (χ0v) is 12.4. The smallest absolute Gasteiger partial charge is 0.187 e. The summed E-state index contributed by atoms with van der Waals surface area (Å²) in [4.78, 5) is 10.4. The molecule has 0 aliphatic rings. The molecule has 0 aromatic heterocycles. The van der Waals surface area contributed by atoms with Crippen molar-refractivity contribution in [1.29, 1.82) is 0 Å². The van der Waals surface area contributed by atoms with Gasteiger partial charge < -0.3 is 4.80 Å². The van der Waals surface area contributed by atoms with Crippen LogP contribution in [0.2, 0.25) is 32.7 Å². The summed E-state index contributed by atoms with van der Waals surface area (Å²) >= 11 is 0. The highest BCUT2D eigenvalue weighted by atomic mass is 28.4. The van der Waals surface area contributed by atoms with E-state index in [-0.39, 0.29) is 0 Å². The maximum atomic E-state index is 10.4. The summed E-state index contributed by atoms with van der Waals surface area (Å²) < 4.78 is 0. The SMILES string of the molecule is C[Si](C)(C)C(c1ccccc1)[Si](C)(C)O. The Morgan fingerprint density at radius 2 is 1.40 bits per heavy atom. The molecule has 0 spiro atoms. The normalized spacial score (nSPS) is 15.1. The lowest BCUT2D eigenvalue weighted by Crippen LogP contribution is -2.48. The molecule has 0 saturated carbocycles. The van der Waals surface area contributed by atoms with E-state index in [1.54, 1.807) is 0 Å². The van der Waals surface area contributed by atoms with E-state index in [9.17, 15) is 4.80 Å². The van der Waals surface area contributed by atoms with Gasteiger partial charge in [-0.3, -0.25) is 0 Å². The van der Waals surface area contributed by atoms with E-state index in [1.165, 1.54) is 5.56 Å². The van der Waals surface area contributed by atoms with Crippen molar-refractivity contribution in [1.82, 2.24) is 0 Å². The molecule has 15 heavy (non-hydrogen) atoms. The molecule has 0 bridgehead atoms. The first-order chi connectivity index (χ1) is 6.73. The summed E-state index contributed by atoms with van der Waals surface area (Å²) in [5.41, 5.74) is 1.33. The topological polar surface area (TPSA) is 20.2 Å². The fourth-order valence-electron chi connectivity index (χ4n) is 2.61. The first kappa shape index (κ1) is 12.7. The van der Waals surface area contributed by atoms with Crippen LogP contribution in [0.1, 0.15) is 10.7 Å². The van der Waals surface area contributed by atoms with Crippen LogP contribution in [-0.2, 0) is 0 Å². The minimum absolute atomic E-state index is 0.422. The second-order valence-corrected chi connectivity index (χ2v) is 15.6. The molecule has 1 unspecified atom stereocenters. The number of rotatable bonds is 3. The zero-order valence-electron chi connectivity index (χ0n) is 10.4. The van der Waals surface area contributed by atoms with Crippen molar-refractivity contribution in [2.75, 3.05) is 0 Å². The number of hydrogen-bond donors (Lipinski definition) is 1. The summed E-state index contributed by atoms with van der Waals surface area (Å²) in [7, 11) is -3.45.